The average Bonchev–Trinajstić information content (AvgIpc) is 2.63. The molecule has 2 amide bonds. The predicted octanol–water partition coefficient (Wildman–Crippen LogP) is 3.00. The molecule has 0 aliphatic carbocycles. The summed E-state index contributed by atoms with van der Waals surface area (Å²) in [6.07, 6.45) is -0.225. The van der Waals surface area contributed by atoms with Crippen molar-refractivity contribution in [3.8, 4) is 11.5 Å². The van der Waals surface area contributed by atoms with Crippen LogP contribution in [0.4, 0.5) is 4.39 Å². The molecule has 0 aliphatic rings. The van der Waals surface area contributed by atoms with Crippen LogP contribution in [0.5, 0.6) is 11.5 Å². The van der Waals surface area contributed by atoms with E-state index in [9.17, 15) is 19.1 Å². The van der Waals surface area contributed by atoms with Gasteiger partial charge in [-0.1, -0.05) is 6.07 Å². The van der Waals surface area contributed by atoms with E-state index in [0.717, 1.165) is 0 Å². The molecule has 27 heavy (non-hydrogen) atoms. The van der Waals surface area contributed by atoms with Crippen LogP contribution in [0.25, 0.3) is 0 Å². The molecule has 1 unspecified atom stereocenters. The number of amides is 2. The van der Waals surface area contributed by atoms with E-state index >= 15 is 0 Å². The summed E-state index contributed by atoms with van der Waals surface area (Å²) in [6, 6.07) is 10.0. The minimum Gasteiger partial charge on any atom is -0.508 e. The highest BCUT2D eigenvalue weighted by Crippen LogP contribution is 2.26. The fraction of sp³-hybridized carbons (Fsp3) is 0.263. The monoisotopic (exact) mass is 438 g/mol. The number of nitrogens with one attached hydrogen (secondary N) is 2. The Kier molecular flexibility index (Phi) is 7.60. The summed E-state index contributed by atoms with van der Waals surface area (Å²) in [5.74, 6) is -0.617. The van der Waals surface area contributed by atoms with Gasteiger partial charge in [0.1, 0.15) is 17.3 Å². The highest BCUT2D eigenvalue weighted by atomic mass is 79.9. The lowest BCUT2D eigenvalue weighted by Crippen LogP contribution is -2.38. The molecule has 0 aromatic heterocycles. The van der Waals surface area contributed by atoms with Gasteiger partial charge < -0.3 is 20.5 Å². The summed E-state index contributed by atoms with van der Waals surface area (Å²) in [5.41, 5.74) is 0.367. The second-order valence-corrected chi connectivity index (χ2v) is 6.64. The number of phenols is 1. The molecule has 0 saturated heterocycles. The van der Waals surface area contributed by atoms with Crippen LogP contribution in [0.3, 0.4) is 0 Å². The van der Waals surface area contributed by atoms with Crippen molar-refractivity contribution in [1.29, 1.82) is 0 Å². The summed E-state index contributed by atoms with van der Waals surface area (Å²) >= 11 is 3.18. The zero-order valence-electron chi connectivity index (χ0n) is 14.7. The first-order valence-electron chi connectivity index (χ1n) is 8.33. The van der Waals surface area contributed by atoms with Crippen LogP contribution in [0.2, 0.25) is 0 Å². The SMILES string of the molecule is CC(Oc1ccc(F)cc1Br)C(=O)NCCCNC(=O)c1cccc(O)c1. The molecule has 8 heteroatoms. The zero-order valence-corrected chi connectivity index (χ0v) is 16.3. The number of hydrogen-bond acceptors (Lipinski definition) is 4. The Balaban J connectivity index is 1.68. The molecule has 2 aromatic carbocycles. The fourth-order valence-corrected chi connectivity index (χ4v) is 2.65. The Morgan fingerprint density at radius 2 is 1.93 bits per heavy atom. The third-order valence-electron chi connectivity index (χ3n) is 3.61. The van der Waals surface area contributed by atoms with Crippen molar-refractivity contribution in [3.63, 3.8) is 0 Å². The molecule has 1 atom stereocenters. The van der Waals surface area contributed by atoms with Crippen molar-refractivity contribution < 1.29 is 23.8 Å². The number of benzene rings is 2. The van der Waals surface area contributed by atoms with E-state index in [1.54, 1.807) is 19.1 Å². The van der Waals surface area contributed by atoms with Crippen molar-refractivity contribution in [2.45, 2.75) is 19.4 Å². The summed E-state index contributed by atoms with van der Waals surface area (Å²) in [4.78, 5) is 23.9. The van der Waals surface area contributed by atoms with Gasteiger partial charge in [0.05, 0.1) is 4.47 Å². The molecule has 6 nitrogen and oxygen atoms in total. The van der Waals surface area contributed by atoms with Crippen LogP contribution in [-0.4, -0.2) is 36.1 Å². The number of halogens is 2. The predicted molar refractivity (Wildman–Crippen MR) is 102 cm³/mol. The molecule has 0 radical (unpaired) electrons. The number of hydrogen-bond donors (Lipinski definition) is 3. The minimum atomic E-state index is -0.756. The van der Waals surface area contributed by atoms with Crippen LogP contribution < -0.4 is 15.4 Å². The van der Waals surface area contributed by atoms with Crippen molar-refractivity contribution in [1.82, 2.24) is 10.6 Å². The van der Waals surface area contributed by atoms with Crippen LogP contribution >= 0.6 is 15.9 Å². The maximum atomic E-state index is 13.1. The molecule has 144 valence electrons. The van der Waals surface area contributed by atoms with E-state index in [1.807, 2.05) is 0 Å². The number of carbonyl (C=O) groups is 2. The summed E-state index contributed by atoms with van der Waals surface area (Å²) in [7, 11) is 0. The van der Waals surface area contributed by atoms with Gasteiger partial charge in [-0.25, -0.2) is 4.39 Å². The smallest absolute Gasteiger partial charge is 0.260 e. The molecule has 2 rings (SSSR count). The average molecular weight is 439 g/mol. The van der Waals surface area contributed by atoms with Gasteiger partial charge in [-0.3, -0.25) is 9.59 Å². The number of ether oxygens (including phenoxy) is 1. The highest BCUT2D eigenvalue weighted by molar-refractivity contribution is 9.10. The van der Waals surface area contributed by atoms with Crippen LogP contribution in [-0.2, 0) is 4.79 Å². The number of phenolic OH excluding ortho intramolecular Hbond substituents is 1. The summed E-state index contributed by atoms with van der Waals surface area (Å²) in [6.45, 7) is 2.32. The Morgan fingerprint density at radius 3 is 2.63 bits per heavy atom. The number of carbonyl (C=O) groups excluding carboxylic acids is 2. The van der Waals surface area contributed by atoms with E-state index in [-0.39, 0.29) is 17.6 Å². The van der Waals surface area contributed by atoms with Crippen LogP contribution in [0, 0.1) is 5.82 Å². The molecule has 2 aromatic rings. The fourth-order valence-electron chi connectivity index (χ4n) is 2.21. The van der Waals surface area contributed by atoms with Crippen molar-refractivity contribution in [3.05, 3.63) is 58.3 Å². The van der Waals surface area contributed by atoms with E-state index in [2.05, 4.69) is 26.6 Å². The van der Waals surface area contributed by atoms with Crippen LogP contribution in [0.1, 0.15) is 23.7 Å². The lowest BCUT2D eigenvalue weighted by atomic mass is 10.2. The van der Waals surface area contributed by atoms with Gasteiger partial charge in [-0.2, -0.15) is 0 Å². The van der Waals surface area contributed by atoms with E-state index in [1.165, 1.54) is 30.3 Å². The minimum absolute atomic E-state index is 0.0247. The van der Waals surface area contributed by atoms with E-state index in [4.69, 9.17) is 4.74 Å². The summed E-state index contributed by atoms with van der Waals surface area (Å²) in [5, 5.41) is 14.8. The lowest BCUT2D eigenvalue weighted by molar-refractivity contribution is -0.127. The van der Waals surface area contributed by atoms with E-state index in [0.29, 0.717) is 35.3 Å². The van der Waals surface area contributed by atoms with Gasteiger partial charge in [0, 0.05) is 18.7 Å². The second-order valence-electron chi connectivity index (χ2n) is 5.79. The maximum absolute atomic E-state index is 13.1. The Bertz CT molecular complexity index is 816. The third kappa shape index (κ3) is 6.56. The third-order valence-corrected chi connectivity index (χ3v) is 4.23. The molecule has 0 saturated carbocycles. The molecular formula is C19H20BrFN2O4. The van der Waals surface area contributed by atoms with E-state index < -0.39 is 11.9 Å². The standard InChI is InChI=1S/C19H20BrFN2O4/c1-12(27-17-7-6-14(21)11-16(17)20)18(25)22-8-3-9-23-19(26)13-4-2-5-15(24)10-13/h2,4-7,10-12,24H,3,8-9H2,1H3,(H,22,25)(H,23,26). The normalized spacial score (nSPS) is 11.5. The molecule has 0 spiro atoms. The topological polar surface area (TPSA) is 87.7 Å². The molecule has 3 N–H and O–H groups in total. The first-order chi connectivity index (χ1) is 12.9. The second kappa shape index (κ2) is 9.91. The number of aromatic hydroxyl groups is 1. The molecular weight excluding hydrogens is 419 g/mol. The van der Waals surface area contributed by atoms with Gasteiger partial charge >= 0.3 is 0 Å². The van der Waals surface area contributed by atoms with Crippen LogP contribution in [0.15, 0.2) is 46.9 Å². The van der Waals surface area contributed by atoms with Crippen molar-refractivity contribution >= 4 is 27.7 Å². The quantitative estimate of drug-likeness (QED) is 0.552. The largest absolute Gasteiger partial charge is 0.508 e. The zero-order chi connectivity index (χ0) is 19.8. The Hall–Kier alpha value is -2.61. The molecule has 0 aliphatic heterocycles. The van der Waals surface area contributed by atoms with Crippen molar-refractivity contribution in [2.75, 3.05) is 13.1 Å². The Morgan fingerprint density at radius 1 is 1.19 bits per heavy atom. The molecule has 0 fully saturated rings. The first-order valence-corrected chi connectivity index (χ1v) is 9.13. The highest BCUT2D eigenvalue weighted by Gasteiger charge is 2.15. The van der Waals surface area contributed by atoms with Gasteiger partial charge in [-0.05, 0) is 65.7 Å². The lowest BCUT2D eigenvalue weighted by Gasteiger charge is -2.16. The molecule has 0 bridgehead atoms. The van der Waals surface area contributed by atoms with Gasteiger partial charge in [0.25, 0.3) is 11.8 Å². The summed E-state index contributed by atoms with van der Waals surface area (Å²) < 4.78 is 19.0. The first kappa shape index (κ1) is 20.7. The van der Waals surface area contributed by atoms with Crippen molar-refractivity contribution in [2.24, 2.45) is 0 Å². The maximum Gasteiger partial charge on any atom is 0.260 e. The van der Waals surface area contributed by atoms with Gasteiger partial charge in [0.15, 0.2) is 6.10 Å². The number of rotatable bonds is 8. The molecule has 0 heterocycles. The Labute approximate surface area is 164 Å². The van der Waals surface area contributed by atoms with Gasteiger partial charge in [0.2, 0.25) is 0 Å². The van der Waals surface area contributed by atoms with Gasteiger partial charge in [-0.15, -0.1) is 0 Å².